The summed E-state index contributed by atoms with van der Waals surface area (Å²) in [5, 5.41) is 6.03. The van der Waals surface area contributed by atoms with Gasteiger partial charge in [0.2, 0.25) is 0 Å². The molecule has 10 heteroatoms. The number of anilines is 3. The molecule has 0 radical (unpaired) electrons. The summed E-state index contributed by atoms with van der Waals surface area (Å²) in [5.41, 5.74) is 4.73. The first-order valence-corrected chi connectivity index (χ1v) is 14.0. The van der Waals surface area contributed by atoms with Crippen molar-refractivity contribution in [2.24, 2.45) is 0 Å². The van der Waals surface area contributed by atoms with Crippen molar-refractivity contribution in [1.82, 2.24) is 19.5 Å². The predicted molar refractivity (Wildman–Crippen MR) is 160 cm³/mol. The highest BCUT2D eigenvalue weighted by Crippen LogP contribution is 2.39. The van der Waals surface area contributed by atoms with Crippen molar-refractivity contribution >= 4 is 23.1 Å². The van der Waals surface area contributed by atoms with E-state index in [1.165, 1.54) is 12.4 Å². The van der Waals surface area contributed by atoms with Crippen LogP contribution in [0.15, 0.2) is 85.6 Å². The zero-order chi connectivity index (χ0) is 30.1. The van der Waals surface area contributed by atoms with Crippen molar-refractivity contribution in [3.8, 4) is 16.9 Å². The molecule has 1 aliphatic rings. The molecule has 1 amide bonds. The lowest BCUT2D eigenvalue weighted by Crippen LogP contribution is -2.14. The van der Waals surface area contributed by atoms with Crippen LogP contribution in [0.4, 0.5) is 30.4 Å². The molecule has 0 spiro atoms. The minimum atomic E-state index is -4.59. The number of rotatable bonds is 8. The maximum Gasteiger partial charge on any atom is 0.416 e. The Bertz CT molecular complexity index is 1790. The highest BCUT2D eigenvalue weighted by molar-refractivity contribution is 6.05. The summed E-state index contributed by atoms with van der Waals surface area (Å²) < 4.78 is 43.0. The molecule has 1 saturated carbocycles. The van der Waals surface area contributed by atoms with Crippen molar-refractivity contribution in [2.75, 3.05) is 10.6 Å². The summed E-state index contributed by atoms with van der Waals surface area (Å²) in [6.45, 7) is 3.93. The second-order valence-corrected chi connectivity index (χ2v) is 10.7. The molecule has 5 aromatic rings. The summed E-state index contributed by atoms with van der Waals surface area (Å²) in [6, 6.07) is 16.3. The number of alkyl halides is 3. The predicted octanol–water partition coefficient (Wildman–Crippen LogP) is 8.09. The number of carbonyl (C=O) groups is 1. The molecule has 0 bridgehead atoms. The van der Waals surface area contributed by atoms with Crippen molar-refractivity contribution in [2.45, 2.75) is 45.2 Å². The van der Waals surface area contributed by atoms with Gasteiger partial charge in [0, 0.05) is 52.7 Å². The summed E-state index contributed by atoms with van der Waals surface area (Å²) >= 11 is 0. The molecule has 1 fully saturated rings. The number of aromatic nitrogens is 4. The Morgan fingerprint density at radius 3 is 2.63 bits per heavy atom. The molecule has 0 saturated heterocycles. The molecular weight excluding hydrogens is 553 g/mol. The Kier molecular flexibility index (Phi) is 7.43. The van der Waals surface area contributed by atoms with Crippen LogP contribution in [-0.4, -0.2) is 25.4 Å². The minimum Gasteiger partial charge on any atom is -0.340 e. The number of amides is 1. The maximum atomic E-state index is 13.8. The van der Waals surface area contributed by atoms with Gasteiger partial charge >= 0.3 is 6.18 Å². The van der Waals surface area contributed by atoms with Gasteiger partial charge in [-0.1, -0.05) is 19.1 Å². The summed E-state index contributed by atoms with van der Waals surface area (Å²) in [7, 11) is 0. The Morgan fingerprint density at radius 2 is 1.91 bits per heavy atom. The molecule has 0 atom stereocenters. The minimum absolute atomic E-state index is 0.0330. The van der Waals surface area contributed by atoms with Crippen molar-refractivity contribution in [3.05, 3.63) is 114 Å². The lowest BCUT2D eigenvalue weighted by Gasteiger charge is -2.16. The van der Waals surface area contributed by atoms with Gasteiger partial charge in [0.25, 0.3) is 5.91 Å². The van der Waals surface area contributed by atoms with Gasteiger partial charge in [-0.2, -0.15) is 13.2 Å². The average Bonchev–Trinajstić information content (AvgIpc) is 3.74. The summed E-state index contributed by atoms with van der Waals surface area (Å²) in [6.07, 6.45) is 4.90. The van der Waals surface area contributed by atoms with E-state index in [2.05, 4.69) is 20.6 Å². The lowest BCUT2D eigenvalue weighted by molar-refractivity contribution is -0.137. The van der Waals surface area contributed by atoms with E-state index in [1.807, 2.05) is 38.1 Å². The van der Waals surface area contributed by atoms with Gasteiger partial charge in [0.1, 0.15) is 5.82 Å². The third-order valence-electron chi connectivity index (χ3n) is 7.47. The molecule has 3 aromatic heterocycles. The molecule has 6 rings (SSSR count). The standard InChI is InChI=1S/C33H29F3N6O/c1-3-21-10-11-28(24-5-4-12-37-17-24)40-31(21)41-29-13-23(7-6-20(29)2)32(43)39-26-14-25(33(34,35)36)15-27(16-26)42-18-30(38-19-42)22-8-9-22/h4-7,10-19,22H,3,8-9H2,1-2H3,(H,39,43)(H,40,41). The normalized spacial score (nSPS) is 13.1. The summed E-state index contributed by atoms with van der Waals surface area (Å²) in [5.74, 6) is 0.473. The Balaban J connectivity index is 1.28. The Labute approximate surface area is 246 Å². The fraction of sp³-hybridized carbons (Fsp3) is 0.212. The summed E-state index contributed by atoms with van der Waals surface area (Å²) in [4.78, 5) is 26.7. The van der Waals surface area contributed by atoms with Crippen molar-refractivity contribution in [1.29, 1.82) is 0 Å². The Morgan fingerprint density at radius 1 is 1.07 bits per heavy atom. The van der Waals surface area contributed by atoms with E-state index in [9.17, 15) is 18.0 Å². The van der Waals surface area contributed by atoms with Crippen LogP contribution in [0.5, 0.6) is 0 Å². The molecular formula is C33H29F3N6O. The van der Waals surface area contributed by atoms with E-state index in [0.29, 0.717) is 17.4 Å². The quantitative estimate of drug-likeness (QED) is 0.193. The van der Waals surface area contributed by atoms with Gasteiger partial charge < -0.3 is 15.2 Å². The zero-order valence-corrected chi connectivity index (χ0v) is 23.6. The van der Waals surface area contributed by atoms with Crippen LogP contribution in [-0.2, 0) is 12.6 Å². The first-order chi connectivity index (χ1) is 20.7. The largest absolute Gasteiger partial charge is 0.416 e. The number of halogens is 3. The number of pyridine rings is 2. The van der Waals surface area contributed by atoms with Crippen LogP contribution in [0.25, 0.3) is 16.9 Å². The van der Waals surface area contributed by atoms with Gasteiger partial charge in [-0.3, -0.25) is 9.78 Å². The van der Waals surface area contributed by atoms with E-state index < -0.39 is 17.6 Å². The van der Waals surface area contributed by atoms with Gasteiger partial charge in [0.05, 0.1) is 23.3 Å². The van der Waals surface area contributed by atoms with Crippen LogP contribution in [0.3, 0.4) is 0 Å². The highest BCUT2D eigenvalue weighted by Gasteiger charge is 2.32. The number of imidazole rings is 1. The van der Waals surface area contributed by atoms with Gasteiger partial charge in [0.15, 0.2) is 0 Å². The lowest BCUT2D eigenvalue weighted by atomic mass is 10.1. The SMILES string of the molecule is CCc1ccc(-c2cccnc2)nc1Nc1cc(C(=O)Nc2cc(-n3cnc(C4CC4)c3)cc(C(F)(F)F)c2)ccc1C. The average molecular weight is 583 g/mol. The molecule has 1 aliphatic carbocycles. The van der Waals surface area contributed by atoms with E-state index in [-0.39, 0.29) is 16.9 Å². The van der Waals surface area contributed by atoms with E-state index >= 15 is 0 Å². The number of hydrogen-bond acceptors (Lipinski definition) is 5. The molecule has 0 unspecified atom stereocenters. The van der Waals surface area contributed by atoms with Gasteiger partial charge in [-0.15, -0.1) is 0 Å². The van der Waals surface area contributed by atoms with Crippen molar-refractivity contribution in [3.63, 3.8) is 0 Å². The van der Waals surface area contributed by atoms with E-state index in [1.54, 1.807) is 41.4 Å². The Hall–Kier alpha value is -4.99. The fourth-order valence-corrected chi connectivity index (χ4v) is 4.85. The number of hydrogen-bond donors (Lipinski definition) is 2. The van der Waals surface area contributed by atoms with Gasteiger partial charge in [-0.05, 0) is 85.8 Å². The number of nitrogens with zero attached hydrogens (tertiary/aromatic N) is 4. The van der Waals surface area contributed by atoms with E-state index in [4.69, 9.17) is 4.98 Å². The van der Waals surface area contributed by atoms with E-state index in [0.717, 1.165) is 59.5 Å². The maximum absolute atomic E-state index is 13.8. The monoisotopic (exact) mass is 582 g/mol. The van der Waals surface area contributed by atoms with Crippen LogP contribution < -0.4 is 10.6 Å². The van der Waals surface area contributed by atoms with Crippen LogP contribution in [0.1, 0.15) is 58.4 Å². The smallest absolute Gasteiger partial charge is 0.340 e. The topological polar surface area (TPSA) is 84.7 Å². The second kappa shape index (κ2) is 11.4. The third-order valence-corrected chi connectivity index (χ3v) is 7.47. The first kappa shape index (κ1) is 28.1. The molecule has 43 heavy (non-hydrogen) atoms. The molecule has 2 N–H and O–H groups in total. The van der Waals surface area contributed by atoms with Gasteiger partial charge in [-0.25, -0.2) is 9.97 Å². The first-order valence-electron chi connectivity index (χ1n) is 14.0. The molecule has 3 heterocycles. The fourth-order valence-electron chi connectivity index (χ4n) is 4.85. The number of benzene rings is 2. The zero-order valence-electron chi connectivity index (χ0n) is 23.6. The third kappa shape index (κ3) is 6.28. The number of nitrogens with one attached hydrogen (secondary N) is 2. The highest BCUT2D eigenvalue weighted by atomic mass is 19.4. The van der Waals surface area contributed by atoms with Crippen molar-refractivity contribution < 1.29 is 18.0 Å². The molecule has 2 aromatic carbocycles. The second-order valence-electron chi connectivity index (χ2n) is 10.7. The molecule has 218 valence electrons. The van der Waals surface area contributed by atoms with Crippen LogP contribution in [0, 0.1) is 6.92 Å². The van der Waals surface area contributed by atoms with Crippen LogP contribution in [0.2, 0.25) is 0 Å². The van der Waals surface area contributed by atoms with Crippen LogP contribution >= 0.6 is 0 Å². The number of carbonyl (C=O) groups excluding carboxylic acids is 1. The molecule has 7 nitrogen and oxygen atoms in total. The number of aryl methyl sites for hydroxylation is 2. The molecule has 0 aliphatic heterocycles.